The minimum atomic E-state index is 0.240. The van der Waals surface area contributed by atoms with Gasteiger partial charge in [0.05, 0.1) is 0 Å². The summed E-state index contributed by atoms with van der Waals surface area (Å²) in [6.07, 6.45) is 0. The van der Waals surface area contributed by atoms with Crippen LogP contribution in [0.25, 0.3) is 22.6 Å². The van der Waals surface area contributed by atoms with Gasteiger partial charge in [0.2, 0.25) is 5.89 Å². The minimum Gasteiger partial charge on any atom is -0.436 e. The van der Waals surface area contributed by atoms with Crippen molar-refractivity contribution in [3.63, 3.8) is 0 Å². The first-order chi connectivity index (χ1) is 10.4. The Morgan fingerprint density at radius 3 is 2.55 bits per heavy atom. The molecule has 0 aliphatic carbocycles. The van der Waals surface area contributed by atoms with Crippen LogP contribution in [-0.4, -0.2) is 10.1 Å². The van der Waals surface area contributed by atoms with Gasteiger partial charge in [-0.25, -0.2) is 4.98 Å². The van der Waals surface area contributed by atoms with Gasteiger partial charge in [-0.05, 0) is 73.9 Å². The molecular formula is C17H17N3OS. The molecule has 0 spiro atoms. The number of aromatic nitrogens is 1. The molecule has 1 heterocycles. The molecular weight excluding hydrogens is 294 g/mol. The number of benzene rings is 2. The topological polar surface area (TPSA) is 64.1 Å². The first-order valence-electron chi connectivity index (χ1n) is 6.99. The quantitative estimate of drug-likeness (QED) is 0.698. The van der Waals surface area contributed by atoms with Crippen molar-refractivity contribution < 1.29 is 4.42 Å². The molecule has 0 saturated carbocycles. The third-order valence-electron chi connectivity index (χ3n) is 3.75. The third kappa shape index (κ3) is 2.67. The number of hydrogen-bond donors (Lipinski definition) is 2. The van der Waals surface area contributed by atoms with E-state index >= 15 is 0 Å². The molecule has 22 heavy (non-hydrogen) atoms. The van der Waals surface area contributed by atoms with Crippen LogP contribution in [0.15, 0.2) is 34.7 Å². The van der Waals surface area contributed by atoms with Crippen molar-refractivity contribution in [3.8, 4) is 11.5 Å². The third-order valence-corrected chi connectivity index (χ3v) is 3.85. The first-order valence-corrected chi connectivity index (χ1v) is 7.40. The number of anilines is 1. The molecule has 2 aromatic carbocycles. The zero-order chi connectivity index (χ0) is 15.9. The van der Waals surface area contributed by atoms with E-state index in [1.807, 2.05) is 37.3 Å². The van der Waals surface area contributed by atoms with Crippen LogP contribution < -0.4 is 11.1 Å². The highest BCUT2D eigenvalue weighted by Crippen LogP contribution is 2.29. The largest absolute Gasteiger partial charge is 0.436 e. The Balaban J connectivity index is 2.09. The molecule has 0 unspecified atom stereocenters. The van der Waals surface area contributed by atoms with Gasteiger partial charge < -0.3 is 15.5 Å². The van der Waals surface area contributed by atoms with E-state index in [0.29, 0.717) is 5.89 Å². The number of nitrogens with one attached hydrogen (secondary N) is 1. The maximum atomic E-state index is 5.89. The van der Waals surface area contributed by atoms with E-state index < -0.39 is 0 Å². The van der Waals surface area contributed by atoms with Crippen LogP contribution in [-0.2, 0) is 0 Å². The molecule has 112 valence electrons. The smallest absolute Gasteiger partial charge is 0.227 e. The van der Waals surface area contributed by atoms with Crippen LogP contribution in [0.3, 0.4) is 0 Å². The second-order valence-electron chi connectivity index (χ2n) is 5.44. The van der Waals surface area contributed by atoms with E-state index in [-0.39, 0.29) is 5.11 Å². The number of thiocarbonyl (C=S) groups is 1. The molecule has 0 aliphatic heterocycles. The summed E-state index contributed by atoms with van der Waals surface area (Å²) in [7, 11) is 0. The molecule has 0 radical (unpaired) electrons. The lowest BCUT2D eigenvalue weighted by atomic mass is 10.1. The predicted octanol–water partition coefficient (Wildman–Crippen LogP) is 4.08. The maximum Gasteiger partial charge on any atom is 0.227 e. The van der Waals surface area contributed by atoms with Crippen LogP contribution in [0.5, 0.6) is 0 Å². The Labute approximate surface area is 134 Å². The number of hydrogen-bond acceptors (Lipinski definition) is 3. The SMILES string of the molecule is Cc1cc2nc(-c3ccc(C)c(NC(N)=S)c3)oc2cc1C. The number of fused-ring (bicyclic) bond motifs is 1. The molecule has 3 aromatic rings. The summed E-state index contributed by atoms with van der Waals surface area (Å²) in [5.74, 6) is 0.589. The molecule has 3 rings (SSSR count). The Morgan fingerprint density at radius 2 is 1.82 bits per heavy atom. The van der Waals surface area contributed by atoms with Crippen LogP contribution in [0, 0.1) is 20.8 Å². The van der Waals surface area contributed by atoms with E-state index in [0.717, 1.165) is 27.9 Å². The molecule has 0 bridgehead atoms. The average Bonchev–Trinajstić information content (AvgIpc) is 2.84. The Kier molecular flexibility index (Phi) is 3.58. The Bertz CT molecular complexity index is 844. The van der Waals surface area contributed by atoms with Gasteiger partial charge in [0.25, 0.3) is 0 Å². The van der Waals surface area contributed by atoms with Crippen molar-refractivity contribution in [2.75, 3.05) is 5.32 Å². The second kappa shape index (κ2) is 5.42. The van der Waals surface area contributed by atoms with E-state index in [9.17, 15) is 0 Å². The van der Waals surface area contributed by atoms with Crippen molar-refractivity contribution in [2.45, 2.75) is 20.8 Å². The number of oxazole rings is 1. The van der Waals surface area contributed by atoms with Gasteiger partial charge in [0.1, 0.15) is 5.52 Å². The number of rotatable bonds is 2. The van der Waals surface area contributed by atoms with Gasteiger partial charge in [0.15, 0.2) is 10.7 Å². The highest BCUT2D eigenvalue weighted by molar-refractivity contribution is 7.80. The van der Waals surface area contributed by atoms with E-state index in [4.69, 9.17) is 22.4 Å². The standard InChI is InChI=1S/C17H17N3OS/c1-9-4-5-12(8-13(9)20-17(18)22)16-19-14-6-10(2)11(3)7-15(14)21-16/h4-8H,1-3H3,(H3,18,20,22). The molecule has 0 amide bonds. The van der Waals surface area contributed by atoms with Crippen LogP contribution >= 0.6 is 12.2 Å². The second-order valence-corrected chi connectivity index (χ2v) is 5.88. The number of nitrogens with zero attached hydrogens (tertiary/aromatic N) is 1. The van der Waals surface area contributed by atoms with Crippen molar-refractivity contribution in [2.24, 2.45) is 5.73 Å². The average molecular weight is 311 g/mol. The fraction of sp³-hybridized carbons (Fsp3) is 0.176. The zero-order valence-electron chi connectivity index (χ0n) is 12.7. The molecule has 5 heteroatoms. The van der Waals surface area contributed by atoms with Crippen molar-refractivity contribution >= 4 is 34.1 Å². The summed E-state index contributed by atoms with van der Waals surface area (Å²) in [5.41, 5.74) is 12.4. The minimum absolute atomic E-state index is 0.240. The molecule has 0 atom stereocenters. The number of aryl methyl sites for hydroxylation is 3. The van der Waals surface area contributed by atoms with Gasteiger partial charge in [-0.3, -0.25) is 0 Å². The van der Waals surface area contributed by atoms with Gasteiger partial charge in [-0.1, -0.05) is 6.07 Å². The van der Waals surface area contributed by atoms with Crippen molar-refractivity contribution in [1.29, 1.82) is 0 Å². The van der Waals surface area contributed by atoms with E-state index in [1.54, 1.807) is 0 Å². The summed E-state index contributed by atoms with van der Waals surface area (Å²) in [6.45, 7) is 6.12. The van der Waals surface area contributed by atoms with Crippen molar-refractivity contribution in [3.05, 3.63) is 47.0 Å². The lowest BCUT2D eigenvalue weighted by Gasteiger charge is -2.08. The van der Waals surface area contributed by atoms with E-state index in [2.05, 4.69) is 24.1 Å². The summed E-state index contributed by atoms with van der Waals surface area (Å²) in [6, 6.07) is 9.97. The molecule has 0 fully saturated rings. The summed E-state index contributed by atoms with van der Waals surface area (Å²) in [5, 5.41) is 3.21. The van der Waals surface area contributed by atoms with Crippen LogP contribution in [0.1, 0.15) is 16.7 Å². The van der Waals surface area contributed by atoms with Gasteiger partial charge in [-0.15, -0.1) is 0 Å². The van der Waals surface area contributed by atoms with Gasteiger partial charge >= 0.3 is 0 Å². The molecule has 0 saturated heterocycles. The lowest BCUT2D eigenvalue weighted by molar-refractivity contribution is 0.619. The monoisotopic (exact) mass is 311 g/mol. The fourth-order valence-corrected chi connectivity index (χ4v) is 2.44. The molecule has 3 N–H and O–H groups in total. The molecule has 4 nitrogen and oxygen atoms in total. The van der Waals surface area contributed by atoms with Crippen LogP contribution in [0.4, 0.5) is 5.69 Å². The lowest BCUT2D eigenvalue weighted by Crippen LogP contribution is -2.19. The van der Waals surface area contributed by atoms with Gasteiger partial charge in [0, 0.05) is 11.3 Å². The van der Waals surface area contributed by atoms with E-state index in [1.165, 1.54) is 11.1 Å². The summed E-state index contributed by atoms with van der Waals surface area (Å²) in [4.78, 5) is 4.58. The van der Waals surface area contributed by atoms with Crippen molar-refractivity contribution in [1.82, 2.24) is 4.98 Å². The normalized spacial score (nSPS) is 10.9. The fourth-order valence-electron chi connectivity index (χ4n) is 2.33. The molecule has 1 aromatic heterocycles. The van der Waals surface area contributed by atoms with Gasteiger partial charge in [-0.2, -0.15) is 0 Å². The van der Waals surface area contributed by atoms with Crippen LogP contribution in [0.2, 0.25) is 0 Å². The Morgan fingerprint density at radius 1 is 1.09 bits per heavy atom. The highest BCUT2D eigenvalue weighted by atomic mass is 32.1. The number of nitrogens with two attached hydrogens (primary N) is 1. The molecule has 0 aliphatic rings. The Hall–Kier alpha value is -2.40. The highest BCUT2D eigenvalue weighted by Gasteiger charge is 2.11. The summed E-state index contributed by atoms with van der Waals surface area (Å²) >= 11 is 4.91. The summed E-state index contributed by atoms with van der Waals surface area (Å²) < 4.78 is 5.89. The predicted molar refractivity (Wildman–Crippen MR) is 94.1 cm³/mol. The maximum absolute atomic E-state index is 5.89. The zero-order valence-corrected chi connectivity index (χ0v) is 13.5. The first kappa shape index (κ1) is 14.5.